The second-order valence-corrected chi connectivity index (χ2v) is 10.3. The summed E-state index contributed by atoms with van der Waals surface area (Å²) >= 11 is 0. The number of piperidine rings is 1. The first-order chi connectivity index (χ1) is 18.4. The van der Waals surface area contributed by atoms with E-state index in [1.165, 1.54) is 0 Å². The van der Waals surface area contributed by atoms with Gasteiger partial charge >= 0.3 is 0 Å². The molecule has 9 nitrogen and oxygen atoms in total. The van der Waals surface area contributed by atoms with Gasteiger partial charge in [0.05, 0.1) is 5.92 Å². The fraction of sp³-hybridized carbons (Fsp3) is 0.379. The van der Waals surface area contributed by atoms with Crippen molar-refractivity contribution >= 4 is 34.6 Å². The lowest BCUT2D eigenvalue weighted by Crippen LogP contribution is -2.54. The van der Waals surface area contributed by atoms with Crippen LogP contribution >= 0.6 is 0 Å². The van der Waals surface area contributed by atoms with Crippen LogP contribution in [0.25, 0.3) is 22.1 Å². The van der Waals surface area contributed by atoms with Crippen molar-refractivity contribution in [3.63, 3.8) is 0 Å². The summed E-state index contributed by atoms with van der Waals surface area (Å²) in [7, 11) is 0. The number of carbonyl (C=O) groups excluding carboxylic acids is 4. The molecule has 3 aromatic rings. The number of furan rings is 1. The van der Waals surface area contributed by atoms with Crippen LogP contribution in [0, 0.1) is 5.92 Å². The van der Waals surface area contributed by atoms with Gasteiger partial charge in [-0.2, -0.15) is 0 Å². The zero-order chi connectivity index (χ0) is 26.4. The van der Waals surface area contributed by atoms with Gasteiger partial charge in [-0.1, -0.05) is 30.3 Å². The molecule has 1 aromatic heterocycles. The molecular formula is C29H30N4O5. The number of carbonyl (C=O) groups is 4. The van der Waals surface area contributed by atoms with Gasteiger partial charge in [-0.15, -0.1) is 0 Å². The van der Waals surface area contributed by atoms with Crippen molar-refractivity contribution in [3.05, 3.63) is 59.4 Å². The van der Waals surface area contributed by atoms with E-state index < -0.39 is 0 Å². The molecule has 3 aliphatic rings. The molecule has 2 fully saturated rings. The standard InChI is InChI=1S/C29H30N4O5/c1-18(34)33-10-4-6-20(17-33)28(36)31-11-13-32(14-12-31)29(37)25-15-19-5-2-8-22(26(19)38-25)21-7-3-9-23-24(21)16-30-27(23)35/h2-3,5,7-9,15,20H,4,6,10-14,16-17H2,1H3,(H,30,35)/t20-/m1/s1. The number of nitrogens with one attached hydrogen (secondary N) is 1. The SMILES string of the molecule is CC(=O)N1CCC[C@@H](C(=O)N2CCN(C(=O)c3cc4cccc(-c5cccc6c5CNC6=O)c4o3)CC2)C1. The molecule has 0 unspecified atom stereocenters. The van der Waals surface area contributed by atoms with Gasteiger partial charge in [-0.25, -0.2) is 0 Å². The van der Waals surface area contributed by atoms with Crippen LogP contribution in [0.1, 0.15) is 46.2 Å². The molecule has 1 atom stereocenters. The minimum Gasteiger partial charge on any atom is -0.450 e. The summed E-state index contributed by atoms with van der Waals surface area (Å²) in [6, 6.07) is 13.2. The quantitative estimate of drug-likeness (QED) is 0.579. The Morgan fingerprint density at radius 2 is 1.61 bits per heavy atom. The zero-order valence-corrected chi connectivity index (χ0v) is 21.4. The van der Waals surface area contributed by atoms with Crippen molar-refractivity contribution in [1.82, 2.24) is 20.0 Å². The molecule has 2 saturated heterocycles. The van der Waals surface area contributed by atoms with E-state index in [9.17, 15) is 19.2 Å². The van der Waals surface area contributed by atoms with Crippen LogP contribution in [0.5, 0.6) is 0 Å². The first kappa shape index (κ1) is 24.2. The molecule has 4 heterocycles. The molecule has 9 heteroatoms. The van der Waals surface area contributed by atoms with E-state index in [0.717, 1.165) is 34.9 Å². The Morgan fingerprint density at radius 3 is 2.39 bits per heavy atom. The Hall–Kier alpha value is -4.14. The van der Waals surface area contributed by atoms with E-state index in [0.29, 0.717) is 57.0 Å². The molecule has 0 aliphatic carbocycles. The number of rotatable bonds is 3. The van der Waals surface area contributed by atoms with Crippen LogP contribution in [0.15, 0.2) is 46.9 Å². The maximum atomic E-state index is 13.4. The van der Waals surface area contributed by atoms with Crippen molar-refractivity contribution in [2.45, 2.75) is 26.3 Å². The number of hydrogen-bond acceptors (Lipinski definition) is 5. The van der Waals surface area contributed by atoms with Crippen LogP contribution in [0.3, 0.4) is 0 Å². The fourth-order valence-corrected chi connectivity index (χ4v) is 5.90. The lowest BCUT2D eigenvalue weighted by molar-refractivity contribution is -0.141. The smallest absolute Gasteiger partial charge is 0.289 e. The molecule has 6 rings (SSSR count). The monoisotopic (exact) mass is 514 g/mol. The molecule has 1 N–H and O–H groups in total. The third-order valence-electron chi connectivity index (χ3n) is 7.99. The summed E-state index contributed by atoms with van der Waals surface area (Å²) in [5.74, 6) is -0.114. The van der Waals surface area contributed by atoms with Crippen LogP contribution in [-0.4, -0.2) is 77.6 Å². The number of piperazine rings is 1. The second kappa shape index (κ2) is 9.63. The highest BCUT2D eigenvalue weighted by Crippen LogP contribution is 2.36. The predicted molar refractivity (Wildman–Crippen MR) is 140 cm³/mol. The summed E-state index contributed by atoms with van der Waals surface area (Å²) < 4.78 is 6.14. The number of fused-ring (bicyclic) bond motifs is 2. The van der Waals surface area contributed by atoms with Gasteiger partial charge in [0.25, 0.3) is 11.8 Å². The van der Waals surface area contributed by atoms with Gasteiger partial charge in [-0.3, -0.25) is 19.2 Å². The normalized spacial score (nSPS) is 19.4. The highest BCUT2D eigenvalue weighted by atomic mass is 16.3. The van der Waals surface area contributed by atoms with E-state index in [1.54, 1.807) is 22.8 Å². The summed E-state index contributed by atoms with van der Waals surface area (Å²) in [5.41, 5.74) is 3.97. The van der Waals surface area contributed by atoms with E-state index in [-0.39, 0.29) is 35.3 Å². The van der Waals surface area contributed by atoms with Gasteiger partial charge in [0, 0.05) is 69.3 Å². The van der Waals surface area contributed by atoms with Crippen molar-refractivity contribution in [2.24, 2.45) is 5.92 Å². The van der Waals surface area contributed by atoms with E-state index in [4.69, 9.17) is 4.42 Å². The number of benzene rings is 2. The average molecular weight is 515 g/mol. The molecule has 38 heavy (non-hydrogen) atoms. The van der Waals surface area contributed by atoms with E-state index >= 15 is 0 Å². The average Bonchev–Trinajstić information content (AvgIpc) is 3.56. The van der Waals surface area contributed by atoms with Gasteiger partial charge in [0.2, 0.25) is 11.8 Å². The minimum atomic E-state index is -0.199. The fourth-order valence-electron chi connectivity index (χ4n) is 5.90. The van der Waals surface area contributed by atoms with Gasteiger partial charge in [0.1, 0.15) is 5.58 Å². The summed E-state index contributed by atoms with van der Waals surface area (Å²) in [6.45, 7) is 4.97. The Labute approximate surface area is 220 Å². The molecule has 3 aliphatic heterocycles. The van der Waals surface area contributed by atoms with Gasteiger partial charge < -0.3 is 24.4 Å². The molecule has 0 bridgehead atoms. The molecule has 196 valence electrons. The maximum Gasteiger partial charge on any atom is 0.289 e. The van der Waals surface area contributed by atoms with Crippen LogP contribution in [-0.2, 0) is 16.1 Å². The third kappa shape index (κ3) is 4.21. The lowest BCUT2D eigenvalue weighted by Gasteiger charge is -2.38. The van der Waals surface area contributed by atoms with E-state index in [1.807, 2.05) is 41.3 Å². The summed E-state index contributed by atoms with van der Waals surface area (Å²) in [5, 5.41) is 3.69. The predicted octanol–water partition coefficient (Wildman–Crippen LogP) is 2.89. The molecular weight excluding hydrogens is 484 g/mol. The van der Waals surface area contributed by atoms with Crippen LogP contribution in [0.4, 0.5) is 0 Å². The highest BCUT2D eigenvalue weighted by Gasteiger charge is 2.33. The largest absolute Gasteiger partial charge is 0.450 e. The third-order valence-corrected chi connectivity index (χ3v) is 7.99. The number of nitrogens with zero attached hydrogens (tertiary/aromatic N) is 3. The maximum absolute atomic E-state index is 13.4. The Morgan fingerprint density at radius 1 is 0.895 bits per heavy atom. The number of hydrogen-bond donors (Lipinski definition) is 1. The van der Waals surface area contributed by atoms with E-state index in [2.05, 4.69) is 5.32 Å². The van der Waals surface area contributed by atoms with Crippen LogP contribution in [0.2, 0.25) is 0 Å². The van der Waals surface area contributed by atoms with Gasteiger partial charge in [-0.05, 0) is 36.1 Å². The van der Waals surface area contributed by atoms with Crippen molar-refractivity contribution in [2.75, 3.05) is 39.3 Å². The van der Waals surface area contributed by atoms with Crippen LogP contribution < -0.4 is 5.32 Å². The number of likely N-dealkylation sites (tertiary alicyclic amines) is 1. The summed E-state index contributed by atoms with van der Waals surface area (Å²) in [4.78, 5) is 55.7. The Kier molecular flexibility index (Phi) is 6.13. The molecule has 0 saturated carbocycles. The van der Waals surface area contributed by atoms with Gasteiger partial charge in [0.15, 0.2) is 5.76 Å². The highest BCUT2D eigenvalue weighted by molar-refractivity contribution is 6.04. The lowest BCUT2D eigenvalue weighted by atomic mass is 9.96. The first-order valence-electron chi connectivity index (χ1n) is 13.2. The Bertz CT molecular complexity index is 1450. The first-order valence-corrected chi connectivity index (χ1v) is 13.2. The molecule has 0 spiro atoms. The molecule has 0 radical (unpaired) electrons. The topological polar surface area (TPSA) is 103 Å². The number of amides is 4. The second-order valence-electron chi connectivity index (χ2n) is 10.3. The number of para-hydroxylation sites is 1. The zero-order valence-electron chi connectivity index (χ0n) is 21.4. The summed E-state index contributed by atoms with van der Waals surface area (Å²) in [6.07, 6.45) is 1.62. The Balaban J connectivity index is 1.17. The minimum absolute atomic E-state index is 0.00807. The van der Waals surface area contributed by atoms with Crippen molar-refractivity contribution < 1.29 is 23.6 Å². The molecule has 4 amide bonds. The van der Waals surface area contributed by atoms with Crippen molar-refractivity contribution in [1.29, 1.82) is 0 Å². The molecule has 2 aromatic carbocycles. The van der Waals surface area contributed by atoms with Crippen molar-refractivity contribution in [3.8, 4) is 11.1 Å².